The molecule has 2 aliphatic carbocycles. The zero-order valence-corrected chi connectivity index (χ0v) is 15.9. The highest BCUT2D eigenvalue weighted by Crippen LogP contribution is 2.57. The van der Waals surface area contributed by atoms with Gasteiger partial charge in [-0.15, -0.1) is 0 Å². The number of rotatable bonds is 7. The first kappa shape index (κ1) is 19.0. The summed E-state index contributed by atoms with van der Waals surface area (Å²) in [5, 5.41) is 7.00. The summed E-state index contributed by atoms with van der Waals surface area (Å²) in [6.07, 6.45) is 6.15. The van der Waals surface area contributed by atoms with E-state index in [0.29, 0.717) is 18.2 Å². The van der Waals surface area contributed by atoms with Gasteiger partial charge >= 0.3 is 0 Å². The molecule has 3 atom stereocenters. The molecule has 24 heavy (non-hydrogen) atoms. The van der Waals surface area contributed by atoms with Crippen LogP contribution in [0.3, 0.4) is 0 Å². The zero-order valence-electron chi connectivity index (χ0n) is 15.9. The van der Waals surface area contributed by atoms with Crippen molar-refractivity contribution in [2.45, 2.75) is 71.1 Å². The minimum absolute atomic E-state index is 0.0133. The smallest absolute Gasteiger partial charge is 0.243 e. The summed E-state index contributed by atoms with van der Waals surface area (Å²) in [6.45, 7) is 7.29. The Bertz CT molecular complexity index is 460. The summed E-state index contributed by atoms with van der Waals surface area (Å²) in [7, 11) is 3.52. The summed E-state index contributed by atoms with van der Waals surface area (Å²) in [4.78, 5) is 17.9. The van der Waals surface area contributed by atoms with Crippen molar-refractivity contribution in [3.8, 4) is 0 Å². The fraction of sp³-hybridized carbons (Fsp3) is 0.889. The van der Waals surface area contributed by atoms with E-state index in [-0.39, 0.29) is 17.9 Å². The molecule has 2 N–H and O–H groups in total. The van der Waals surface area contributed by atoms with Crippen LogP contribution in [0.15, 0.2) is 4.99 Å². The molecular weight excluding hydrogens is 304 g/mol. The molecule has 0 bridgehead atoms. The molecule has 0 heterocycles. The van der Waals surface area contributed by atoms with Crippen LogP contribution >= 0.6 is 0 Å². The second-order valence-corrected chi connectivity index (χ2v) is 7.37. The Balaban J connectivity index is 2.00. The standard InChI is InChI=1S/C18H34N4O2/c1-6-13(3)20-17(19-12-16(23)22(4)5)21-14-11-15(24-7-2)18(14)9-8-10-18/h13-15H,6-12H2,1-5H3,(H2,19,20,21). The number of nitrogens with zero attached hydrogens (tertiary/aromatic N) is 2. The third-order valence-electron chi connectivity index (χ3n) is 5.61. The molecule has 1 amide bonds. The molecule has 0 radical (unpaired) electrons. The van der Waals surface area contributed by atoms with Gasteiger partial charge in [-0.2, -0.15) is 0 Å². The van der Waals surface area contributed by atoms with Crippen LogP contribution in [0.5, 0.6) is 0 Å². The predicted molar refractivity (Wildman–Crippen MR) is 97.1 cm³/mol. The summed E-state index contributed by atoms with van der Waals surface area (Å²) >= 11 is 0. The first-order valence-electron chi connectivity index (χ1n) is 9.32. The average Bonchev–Trinajstić information content (AvgIpc) is 2.48. The molecular formula is C18H34N4O2. The number of amides is 1. The van der Waals surface area contributed by atoms with Crippen molar-refractivity contribution in [2.24, 2.45) is 10.4 Å². The van der Waals surface area contributed by atoms with Gasteiger partial charge in [-0.05, 0) is 39.5 Å². The van der Waals surface area contributed by atoms with Crippen LogP contribution in [-0.2, 0) is 9.53 Å². The highest BCUT2D eigenvalue weighted by molar-refractivity contribution is 5.85. The van der Waals surface area contributed by atoms with Crippen LogP contribution in [0.2, 0.25) is 0 Å². The average molecular weight is 338 g/mol. The van der Waals surface area contributed by atoms with Crippen molar-refractivity contribution in [1.82, 2.24) is 15.5 Å². The van der Waals surface area contributed by atoms with E-state index in [9.17, 15) is 4.79 Å². The van der Waals surface area contributed by atoms with Gasteiger partial charge in [0.1, 0.15) is 6.54 Å². The van der Waals surface area contributed by atoms with E-state index in [1.807, 2.05) is 0 Å². The second kappa shape index (κ2) is 8.19. The van der Waals surface area contributed by atoms with Gasteiger partial charge in [0.15, 0.2) is 5.96 Å². The molecule has 0 aromatic rings. The van der Waals surface area contributed by atoms with Gasteiger partial charge in [0.25, 0.3) is 0 Å². The number of nitrogens with one attached hydrogen (secondary N) is 2. The second-order valence-electron chi connectivity index (χ2n) is 7.37. The summed E-state index contributed by atoms with van der Waals surface area (Å²) in [6, 6.07) is 0.721. The maximum absolute atomic E-state index is 11.8. The molecule has 6 nitrogen and oxygen atoms in total. The van der Waals surface area contributed by atoms with E-state index in [2.05, 4.69) is 36.4 Å². The van der Waals surface area contributed by atoms with Crippen molar-refractivity contribution in [1.29, 1.82) is 0 Å². The van der Waals surface area contributed by atoms with E-state index in [0.717, 1.165) is 25.4 Å². The molecule has 2 fully saturated rings. The Morgan fingerprint density at radius 1 is 1.38 bits per heavy atom. The lowest BCUT2D eigenvalue weighted by Crippen LogP contribution is -2.69. The largest absolute Gasteiger partial charge is 0.378 e. The molecule has 0 aromatic heterocycles. The van der Waals surface area contributed by atoms with Crippen molar-refractivity contribution >= 4 is 11.9 Å². The lowest BCUT2D eigenvalue weighted by Gasteiger charge is -2.61. The van der Waals surface area contributed by atoms with Gasteiger partial charge < -0.3 is 20.3 Å². The Morgan fingerprint density at radius 3 is 2.58 bits per heavy atom. The van der Waals surface area contributed by atoms with Gasteiger partial charge in [0.05, 0.1) is 6.10 Å². The number of carbonyl (C=O) groups excluding carboxylic acids is 1. The minimum atomic E-state index is 0.0133. The monoisotopic (exact) mass is 338 g/mol. The quantitative estimate of drug-likeness (QED) is 0.548. The van der Waals surface area contributed by atoms with Crippen molar-refractivity contribution < 1.29 is 9.53 Å². The first-order chi connectivity index (χ1) is 11.4. The molecule has 2 aliphatic rings. The molecule has 1 spiro atoms. The number of guanidine groups is 1. The first-order valence-corrected chi connectivity index (χ1v) is 9.32. The lowest BCUT2D eigenvalue weighted by molar-refractivity contribution is -0.168. The number of carbonyl (C=O) groups is 1. The van der Waals surface area contributed by atoms with E-state index >= 15 is 0 Å². The lowest BCUT2D eigenvalue weighted by atomic mass is 9.51. The third kappa shape index (κ3) is 4.02. The van der Waals surface area contributed by atoms with Crippen LogP contribution in [-0.4, -0.2) is 62.2 Å². The highest BCUT2D eigenvalue weighted by atomic mass is 16.5. The maximum Gasteiger partial charge on any atom is 0.243 e. The molecule has 2 saturated carbocycles. The highest BCUT2D eigenvalue weighted by Gasteiger charge is 2.59. The van der Waals surface area contributed by atoms with E-state index < -0.39 is 0 Å². The number of hydrogen-bond acceptors (Lipinski definition) is 3. The Labute approximate surface area is 146 Å². The Morgan fingerprint density at radius 2 is 2.08 bits per heavy atom. The number of likely N-dealkylation sites (N-methyl/N-ethyl adjacent to an activating group) is 1. The zero-order chi connectivity index (χ0) is 17.7. The fourth-order valence-corrected chi connectivity index (χ4v) is 3.56. The molecule has 0 aromatic carbocycles. The summed E-state index contributed by atoms with van der Waals surface area (Å²) < 4.78 is 5.92. The molecule has 2 rings (SSSR count). The summed E-state index contributed by atoms with van der Waals surface area (Å²) in [5.74, 6) is 0.769. The van der Waals surface area contributed by atoms with Crippen LogP contribution in [0.25, 0.3) is 0 Å². The SMILES string of the molecule is CCOC1CC(NC(=NCC(=O)N(C)C)NC(C)CC)C12CCC2. The number of hydrogen-bond donors (Lipinski definition) is 2. The number of ether oxygens (including phenoxy) is 1. The van der Waals surface area contributed by atoms with Crippen molar-refractivity contribution in [3.05, 3.63) is 0 Å². The van der Waals surface area contributed by atoms with Crippen molar-refractivity contribution in [3.63, 3.8) is 0 Å². The Kier molecular flexibility index (Phi) is 6.49. The fourth-order valence-electron chi connectivity index (χ4n) is 3.56. The molecule has 138 valence electrons. The van der Waals surface area contributed by atoms with Crippen LogP contribution in [0.4, 0.5) is 0 Å². The minimum Gasteiger partial charge on any atom is -0.378 e. The molecule has 3 unspecified atom stereocenters. The molecule has 0 aliphatic heterocycles. The van der Waals surface area contributed by atoms with Gasteiger partial charge in [-0.3, -0.25) is 4.79 Å². The van der Waals surface area contributed by atoms with Gasteiger partial charge in [0, 0.05) is 38.2 Å². The van der Waals surface area contributed by atoms with E-state index in [4.69, 9.17) is 4.74 Å². The molecule has 6 heteroatoms. The van der Waals surface area contributed by atoms with Crippen LogP contribution in [0, 0.1) is 5.41 Å². The normalized spacial score (nSPS) is 26.3. The Hall–Kier alpha value is -1.30. The maximum atomic E-state index is 11.8. The summed E-state index contributed by atoms with van der Waals surface area (Å²) in [5.41, 5.74) is 0.277. The molecule has 0 saturated heterocycles. The topological polar surface area (TPSA) is 66.0 Å². The van der Waals surface area contributed by atoms with Gasteiger partial charge in [-0.25, -0.2) is 4.99 Å². The van der Waals surface area contributed by atoms with Crippen LogP contribution < -0.4 is 10.6 Å². The van der Waals surface area contributed by atoms with Gasteiger partial charge in [0.2, 0.25) is 5.91 Å². The van der Waals surface area contributed by atoms with Crippen LogP contribution in [0.1, 0.15) is 52.9 Å². The number of aliphatic imine (C=N–C) groups is 1. The van der Waals surface area contributed by atoms with E-state index in [1.165, 1.54) is 19.3 Å². The predicted octanol–water partition coefficient (Wildman–Crippen LogP) is 1.76. The third-order valence-corrected chi connectivity index (χ3v) is 5.61. The van der Waals surface area contributed by atoms with Crippen molar-refractivity contribution in [2.75, 3.05) is 27.2 Å². The van der Waals surface area contributed by atoms with E-state index in [1.54, 1.807) is 19.0 Å². The van der Waals surface area contributed by atoms with Gasteiger partial charge in [-0.1, -0.05) is 13.3 Å².